The third-order valence-electron chi connectivity index (χ3n) is 4.15. The van der Waals surface area contributed by atoms with E-state index in [2.05, 4.69) is 41.9 Å². The first-order valence-corrected chi connectivity index (χ1v) is 8.86. The fourth-order valence-electron chi connectivity index (χ4n) is 2.64. The Morgan fingerprint density at radius 2 is 2.09 bits per heavy atom. The third-order valence-corrected chi connectivity index (χ3v) is 4.90. The summed E-state index contributed by atoms with van der Waals surface area (Å²) in [4.78, 5) is 14.5. The van der Waals surface area contributed by atoms with Crippen molar-refractivity contribution < 1.29 is 9.69 Å². The molecule has 1 amide bonds. The molecule has 1 fully saturated rings. The molecule has 0 saturated heterocycles. The summed E-state index contributed by atoms with van der Waals surface area (Å²) >= 11 is 1.72. The highest BCUT2D eigenvalue weighted by molar-refractivity contribution is 7.98. The zero-order chi connectivity index (χ0) is 16.2. The number of hydrogen-bond acceptors (Lipinski definition) is 3. The van der Waals surface area contributed by atoms with Crippen LogP contribution in [0.2, 0.25) is 0 Å². The minimum absolute atomic E-state index is 0.0471. The van der Waals surface area contributed by atoms with Crippen molar-refractivity contribution >= 4 is 17.7 Å². The topological polar surface area (TPSA) is 57.3 Å². The summed E-state index contributed by atoms with van der Waals surface area (Å²) < 4.78 is 0. The Kier molecular flexibility index (Phi) is 5.49. The van der Waals surface area contributed by atoms with E-state index in [0.717, 1.165) is 24.3 Å². The average molecular weight is 318 g/mol. The van der Waals surface area contributed by atoms with Gasteiger partial charge >= 0.3 is 0 Å². The molecule has 1 aliphatic carbocycles. The summed E-state index contributed by atoms with van der Waals surface area (Å²) in [6.07, 6.45) is 4.13. The van der Waals surface area contributed by atoms with Crippen molar-refractivity contribution in [2.24, 2.45) is 5.92 Å². The summed E-state index contributed by atoms with van der Waals surface area (Å²) in [6, 6.07) is 10.7. The minimum atomic E-state index is -0.697. The van der Waals surface area contributed by atoms with Crippen molar-refractivity contribution in [2.45, 2.75) is 36.7 Å². The van der Waals surface area contributed by atoms with E-state index < -0.39 is 5.54 Å². The molecular formula is C17H24N3OS+. The number of likely N-dealkylation sites (N-methyl/N-ethyl adjacent to an activating group) is 1. The number of rotatable bonds is 7. The summed E-state index contributed by atoms with van der Waals surface area (Å²) in [6.45, 7) is 3.02. The van der Waals surface area contributed by atoms with Crippen molar-refractivity contribution in [1.82, 2.24) is 5.32 Å². The van der Waals surface area contributed by atoms with E-state index in [1.807, 2.05) is 14.0 Å². The molecule has 1 aliphatic rings. The molecule has 2 atom stereocenters. The highest BCUT2D eigenvalue weighted by Crippen LogP contribution is 2.39. The number of thioether (sulfide) groups is 1. The van der Waals surface area contributed by atoms with E-state index in [0.29, 0.717) is 12.5 Å². The van der Waals surface area contributed by atoms with Crippen molar-refractivity contribution in [2.75, 3.05) is 19.8 Å². The Bertz CT molecular complexity index is 562. The lowest BCUT2D eigenvalue weighted by Gasteiger charge is -2.23. The number of hydrogen-bond donors (Lipinski definition) is 2. The predicted molar refractivity (Wildman–Crippen MR) is 88.6 cm³/mol. The molecular weight excluding hydrogens is 294 g/mol. The average Bonchev–Trinajstić information content (AvgIpc) is 3.32. The van der Waals surface area contributed by atoms with Crippen LogP contribution < -0.4 is 10.2 Å². The van der Waals surface area contributed by atoms with Gasteiger partial charge in [-0.15, -0.1) is 11.8 Å². The van der Waals surface area contributed by atoms with E-state index in [1.54, 1.807) is 11.8 Å². The molecule has 1 unspecified atom stereocenters. The quantitative estimate of drug-likeness (QED) is 0.744. The number of quaternary nitrogens is 1. The number of carbonyl (C=O) groups excluding carboxylic acids is 1. The largest absolute Gasteiger partial charge is 0.333 e. The van der Waals surface area contributed by atoms with E-state index >= 15 is 0 Å². The number of benzene rings is 1. The van der Waals surface area contributed by atoms with Gasteiger partial charge < -0.3 is 10.2 Å². The second kappa shape index (κ2) is 7.17. The molecule has 0 aromatic heterocycles. The Balaban J connectivity index is 1.84. The Labute approximate surface area is 136 Å². The van der Waals surface area contributed by atoms with Gasteiger partial charge in [0.15, 0.2) is 6.54 Å². The van der Waals surface area contributed by atoms with Gasteiger partial charge in [0.2, 0.25) is 0 Å². The predicted octanol–water partition coefficient (Wildman–Crippen LogP) is 1.23. The van der Waals surface area contributed by atoms with Crippen LogP contribution in [0.15, 0.2) is 29.2 Å². The molecule has 1 aromatic rings. The Morgan fingerprint density at radius 3 is 2.59 bits per heavy atom. The normalized spacial score (nSPS) is 18.1. The van der Waals surface area contributed by atoms with Gasteiger partial charge in [0.05, 0.1) is 13.1 Å². The van der Waals surface area contributed by atoms with Gasteiger partial charge in [-0.1, -0.05) is 12.1 Å². The molecule has 1 saturated carbocycles. The molecule has 2 N–H and O–H groups in total. The summed E-state index contributed by atoms with van der Waals surface area (Å²) in [5.41, 5.74) is 0.519. The first kappa shape index (κ1) is 16.9. The second-order valence-electron chi connectivity index (χ2n) is 6.30. The molecule has 1 aromatic carbocycles. The van der Waals surface area contributed by atoms with Crippen LogP contribution in [0.5, 0.6) is 0 Å². The standard InChI is InChI=1S/C17H23N3OS/c1-17(12-18,14-6-7-14)19-16(21)11-20(2)10-13-4-8-15(22-3)9-5-13/h4-5,8-9,14H,6-7,10-11H2,1-3H3,(H,19,21)/p+1/t17-/m1/s1. The SMILES string of the molecule is CSc1ccc(C[NH+](C)CC(=O)N[C@](C)(C#N)C2CC2)cc1. The first-order chi connectivity index (χ1) is 10.5. The van der Waals surface area contributed by atoms with E-state index in [4.69, 9.17) is 0 Å². The zero-order valence-corrected chi connectivity index (χ0v) is 14.3. The molecule has 22 heavy (non-hydrogen) atoms. The number of nitriles is 1. The van der Waals surface area contributed by atoms with E-state index in [9.17, 15) is 10.1 Å². The van der Waals surface area contributed by atoms with E-state index in [1.165, 1.54) is 10.5 Å². The van der Waals surface area contributed by atoms with Gasteiger partial charge in [0, 0.05) is 10.5 Å². The van der Waals surface area contributed by atoms with Crippen LogP contribution in [0.4, 0.5) is 0 Å². The fraction of sp³-hybridized carbons (Fsp3) is 0.529. The molecule has 2 rings (SSSR count). The molecule has 4 nitrogen and oxygen atoms in total. The lowest BCUT2D eigenvalue weighted by Crippen LogP contribution is -3.09. The maximum atomic E-state index is 12.2. The smallest absolute Gasteiger partial charge is 0.276 e. The molecule has 0 heterocycles. The molecule has 0 spiro atoms. The first-order valence-electron chi connectivity index (χ1n) is 7.63. The summed E-state index contributed by atoms with van der Waals surface area (Å²) in [7, 11) is 2.00. The van der Waals surface area contributed by atoms with Crippen LogP contribution in [-0.2, 0) is 11.3 Å². The number of carbonyl (C=O) groups is 1. The molecule has 5 heteroatoms. The van der Waals surface area contributed by atoms with E-state index in [-0.39, 0.29) is 5.91 Å². The number of amides is 1. The zero-order valence-electron chi connectivity index (χ0n) is 13.5. The minimum Gasteiger partial charge on any atom is -0.333 e. The number of nitrogens with zero attached hydrogens (tertiary/aromatic N) is 1. The van der Waals surface area contributed by atoms with Gasteiger partial charge in [-0.25, -0.2) is 0 Å². The Hall–Kier alpha value is -1.51. The summed E-state index contributed by atoms with van der Waals surface area (Å²) in [5, 5.41) is 12.2. The lowest BCUT2D eigenvalue weighted by atomic mass is 9.98. The van der Waals surface area contributed by atoms with Gasteiger partial charge in [0.1, 0.15) is 12.1 Å². The van der Waals surface area contributed by atoms with Crippen molar-refractivity contribution in [3.63, 3.8) is 0 Å². The molecule has 0 radical (unpaired) electrons. The van der Waals surface area contributed by atoms with Gasteiger partial charge in [-0.2, -0.15) is 5.26 Å². The van der Waals surface area contributed by atoms with Crippen molar-refractivity contribution in [3.8, 4) is 6.07 Å². The lowest BCUT2D eigenvalue weighted by molar-refractivity contribution is -0.885. The van der Waals surface area contributed by atoms with Gasteiger partial charge in [-0.05, 0) is 44.1 Å². The van der Waals surface area contributed by atoms with Crippen molar-refractivity contribution in [1.29, 1.82) is 5.26 Å². The Morgan fingerprint density at radius 1 is 1.45 bits per heavy atom. The third kappa shape index (κ3) is 4.49. The maximum absolute atomic E-state index is 12.2. The van der Waals surface area contributed by atoms with Gasteiger partial charge in [-0.3, -0.25) is 4.79 Å². The van der Waals surface area contributed by atoms with Crippen LogP contribution in [0.3, 0.4) is 0 Å². The van der Waals surface area contributed by atoms with Crippen LogP contribution in [0, 0.1) is 17.2 Å². The highest BCUT2D eigenvalue weighted by Gasteiger charge is 2.43. The number of nitrogens with one attached hydrogen (secondary N) is 2. The van der Waals surface area contributed by atoms with Crippen LogP contribution in [-0.4, -0.2) is 31.3 Å². The molecule has 118 valence electrons. The van der Waals surface area contributed by atoms with Gasteiger partial charge in [0.25, 0.3) is 5.91 Å². The van der Waals surface area contributed by atoms with Crippen LogP contribution >= 0.6 is 11.8 Å². The van der Waals surface area contributed by atoms with Crippen LogP contribution in [0.25, 0.3) is 0 Å². The monoisotopic (exact) mass is 318 g/mol. The maximum Gasteiger partial charge on any atom is 0.276 e. The highest BCUT2D eigenvalue weighted by atomic mass is 32.2. The van der Waals surface area contributed by atoms with Crippen molar-refractivity contribution in [3.05, 3.63) is 29.8 Å². The molecule has 0 bridgehead atoms. The second-order valence-corrected chi connectivity index (χ2v) is 7.17. The fourth-order valence-corrected chi connectivity index (χ4v) is 3.05. The molecule has 0 aliphatic heterocycles. The van der Waals surface area contributed by atoms with Crippen LogP contribution in [0.1, 0.15) is 25.3 Å². The summed E-state index contributed by atoms with van der Waals surface area (Å²) in [5.74, 6) is 0.273.